The van der Waals surface area contributed by atoms with Crippen LogP contribution >= 0.6 is 0 Å². The van der Waals surface area contributed by atoms with E-state index < -0.39 is 8.32 Å². The highest BCUT2D eigenvalue weighted by Crippen LogP contribution is 2.19. The first-order valence-corrected chi connectivity index (χ1v) is 16.1. The van der Waals surface area contributed by atoms with Crippen molar-refractivity contribution in [3.05, 3.63) is 24.3 Å². The van der Waals surface area contributed by atoms with Crippen LogP contribution in [0.1, 0.15) is 0 Å². The van der Waals surface area contributed by atoms with Gasteiger partial charge in [0, 0.05) is 0 Å². The van der Waals surface area contributed by atoms with Crippen molar-refractivity contribution >= 4 is 14.0 Å². The number of ether oxygens (including phenoxy) is 8. The number of para-hydroxylation sites is 2. The van der Waals surface area contributed by atoms with Crippen LogP contribution in [0.3, 0.4) is 0 Å². The van der Waals surface area contributed by atoms with E-state index in [2.05, 4.69) is 19.6 Å². The largest absolute Gasteiger partial charge is 0.489 e. The number of nitrogens with two attached hydrogens (primary N) is 1. The number of hydrogen-bond donors (Lipinski definition) is 1. The molecule has 0 spiro atoms. The molecule has 210 valence electrons. The lowest BCUT2D eigenvalue weighted by atomic mass is 10.3. The van der Waals surface area contributed by atoms with Gasteiger partial charge in [0.15, 0.2) is 8.32 Å². The molecule has 0 aliphatic heterocycles. The number of anilines is 1. The first-order valence-electron chi connectivity index (χ1n) is 12.6. The van der Waals surface area contributed by atoms with Crippen LogP contribution < -0.4 is 10.5 Å². The molecule has 0 heterocycles. The summed E-state index contributed by atoms with van der Waals surface area (Å²) in [7, 11) is -1.44. The number of hydrogen-bond acceptors (Lipinski definition) is 10. The number of nitrogen functional groups attached to an aromatic ring is 1. The minimum absolute atomic E-state index is 0.446. The van der Waals surface area contributed by atoms with Crippen molar-refractivity contribution in [2.24, 2.45) is 0 Å². The summed E-state index contributed by atoms with van der Waals surface area (Å²) < 4.78 is 49.5. The number of benzene rings is 1. The molecule has 0 bridgehead atoms. The van der Waals surface area contributed by atoms with E-state index in [0.29, 0.717) is 117 Å². The third kappa shape index (κ3) is 22.0. The monoisotopic (exact) mass is 533 g/mol. The molecule has 0 radical (unpaired) electrons. The Bertz CT molecular complexity index is 619. The van der Waals surface area contributed by atoms with E-state index in [4.69, 9.17) is 48.1 Å². The van der Waals surface area contributed by atoms with Crippen LogP contribution in [0.5, 0.6) is 5.75 Å². The second kappa shape index (κ2) is 22.9. The third-order valence-corrected chi connectivity index (χ3v) is 5.47. The van der Waals surface area contributed by atoms with Crippen LogP contribution in [0.2, 0.25) is 19.6 Å². The van der Waals surface area contributed by atoms with E-state index >= 15 is 0 Å². The molecule has 11 heteroatoms. The van der Waals surface area contributed by atoms with Gasteiger partial charge in [-0.05, 0) is 31.8 Å². The molecule has 0 saturated heterocycles. The van der Waals surface area contributed by atoms with Crippen LogP contribution in [0, 0.1) is 0 Å². The van der Waals surface area contributed by atoms with Crippen LogP contribution in [0.25, 0.3) is 0 Å². The predicted molar refractivity (Wildman–Crippen MR) is 141 cm³/mol. The lowest BCUT2D eigenvalue weighted by molar-refractivity contribution is -0.0219. The lowest BCUT2D eigenvalue weighted by Crippen LogP contribution is -2.27. The van der Waals surface area contributed by atoms with Gasteiger partial charge >= 0.3 is 0 Å². The molecule has 0 aromatic heterocycles. The zero-order chi connectivity index (χ0) is 26.2. The fraction of sp³-hybridized carbons (Fsp3) is 0.760. The highest BCUT2D eigenvalue weighted by atomic mass is 28.4. The Morgan fingerprint density at radius 1 is 0.500 bits per heavy atom. The summed E-state index contributed by atoms with van der Waals surface area (Å²) >= 11 is 0. The maximum atomic E-state index is 5.81. The van der Waals surface area contributed by atoms with Crippen molar-refractivity contribution in [1.29, 1.82) is 0 Å². The van der Waals surface area contributed by atoms with E-state index in [1.807, 2.05) is 18.2 Å². The highest BCUT2D eigenvalue weighted by molar-refractivity contribution is 6.69. The van der Waals surface area contributed by atoms with Gasteiger partial charge in [-0.2, -0.15) is 0 Å². The Morgan fingerprint density at radius 3 is 1.19 bits per heavy atom. The molecule has 1 rings (SSSR count). The molecule has 36 heavy (non-hydrogen) atoms. The van der Waals surface area contributed by atoms with Gasteiger partial charge in [0.1, 0.15) is 12.4 Å². The fourth-order valence-electron chi connectivity index (χ4n) is 2.65. The van der Waals surface area contributed by atoms with Crippen molar-refractivity contribution in [3.63, 3.8) is 0 Å². The third-order valence-electron chi connectivity index (χ3n) is 4.40. The molecule has 1 aromatic carbocycles. The van der Waals surface area contributed by atoms with Gasteiger partial charge in [-0.3, -0.25) is 0 Å². The minimum Gasteiger partial charge on any atom is -0.489 e. The first-order chi connectivity index (χ1) is 17.5. The van der Waals surface area contributed by atoms with Gasteiger partial charge in [-0.25, -0.2) is 0 Å². The Balaban J connectivity index is 1.67. The number of rotatable bonds is 26. The zero-order valence-corrected chi connectivity index (χ0v) is 23.4. The second-order valence-electron chi connectivity index (χ2n) is 8.63. The molecule has 0 aliphatic carbocycles. The first kappa shape index (κ1) is 32.7. The smallest absolute Gasteiger partial charge is 0.183 e. The summed E-state index contributed by atoms with van der Waals surface area (Å²) in [5.41, 5.74) is 6.43. The van der Waals surface area contributed by atoms with Crippen molar-refractivity contribution in [3.8, 4) is 5.75 Å². The summed E-state index contributed by atoms with van der Waals surface area (Å²) in [6, 6.07) is 7.39. The summed E-state index contributed by atoms with van der Waals surface area (Å²) in [6.07, 6.45) is 0. The average molecular weight is 534 g/mol. The summed E-state index contributed by atoms with van der Waals surface area (Å²) in [5.74, 6) is 0.674. The molecular weight excluding hydrogens is 486 g/mol. The molecule has 0 fully saturated rings. The quantitative estimate of drug-likeness (QED) is 0.108. The average Bonchev–Trinajstić information content (AvgIpc) is 2.84. The van der Waals surface area contributed by atoms with Crippen molar-refractivity contribution in [2.45, 2.75) is 19.6 Å². The van der Waals surface area contributed by atoms with E-state index in [1.54, 1.807) is 6.07 Å². The van der Waals surface area contributed by atoms with Crippen molar-refractivity contribution in [2.75, 3.05) is 111 Å². The second-order valence-corrected chi connectivity index (χ2v) is 13.1. The Morgan fingerprint density at radius 2 is 0.833 bits per heavy atom. The molecule has 0 amide bonds. The van der Waals surface area contributed by atoms with Crippen LogP contribution in [0.15, 0.2) is 24.3 Å². The normalized spacial score (nSPS) is 11.8. The zero-order valence-electron chi connectivity index (χ0n) is 22.4. The van der Waals surface area contributed by atoms with Gasteiger partial charge in [-0.15, -0.1) is 0 Å². The molecule has 0 unspecified atom stereocenters. The Labute approximate surface area is 217 Å². The lowest BCUT2D eigenvalue weighted by Gasteiger charge is -2.16. The standard InChI is InChI=1S/C25H47NO9Si/c1-36(2,3)35-23-21-33-19-17-31-15-13-29-11-9-27-8-10-28-12-14-30-16-18-32-20-22-34-25-7-5-4-6-24(25)26/h4-7H,8-23,26H2,1-3H3. The maximum absolute atomic E-state index is 5.81. The van der Waals surface area contributed by atoms with Gasteiger partial charge in [0.25, 0.3) is 0 Å². The Kier molecular flexibility index (Phi) is 20.8. The summed E-state index contributed by atoms with van der Waals surface area (Å²) in [5, 5.41) is 0. The van der Waals surface area contributed by atoms with Crippen molar-refractivity contribution < 1.29 is 42.3 Å². The Hall–Kier alpha value is -1.28. The van der Waals surface area contributed by atoms with Gasteiger partial charge < -0.3 is 48.1 Å². The van der Waals surface area contributed by atoms with Crippen LogP contribution in [0.4, 0.5) is 5.69 Å². The fourth-order valence-corrected chi connectivity index (χ4v) is 3.35. The van der Waals surface area contributed by atoms with Crippen molar-refractivity contribution in [1.82, 2.24) is 0 Å². The maximum Gasteiger partial charge on any atom is 0.183 e. The predicted octanol–water partition coefficient (Wildman–Crippen LogP) is 2.62. The van der Waals surface area contributed by atoms with E-state index in [1.165, 1.54) is 0 Å². The summed E-state index contributed by atoms with van der Waals surface area (Å²) in [6.45, 7) is 15.0. The molecule has 0 aliphatic rings. The molecular formula is C25H47NO9Si. The molecule has 10 nitrogen and oxygen atoms in total. The van der Waals surface area contributed by atoms with Crippen LogP contribution in [-0.2, 0) is 37.6 Å². The molecule has 0 atom stereocenters. The minimum atomic E-state index is -1.44. The summed E-state index contributed by atoms with van der Waals surface area (Å²) in [4.78, 5) is 0. The molecule has 0 saturated carbocycles. The molecule has 1 aromatic rings. The highest BCUT2D eigenvalue weighted by Gasteiger charge is 2.13. The van der Waals surface area contributed by atoms with Gasteiger partial charge in [-0.1, -0.05) is 12.1 Å². The van der Waals surface area contributed by atoms with Gasteiger partial charge in [0.05, 0.1) is 105 Å². The van der Waals surface area contributed by atoms with Gasteiger partial charge in [0.2, 0.25) is 0 Å². The van der Waals surface area contributed by atoms with Crippen LogP contribution in [-0.4, -0.2) is 114 Å². The topological polar surface area (TPSA) is 109 Å². The van der Waals surface area contributed by atoms with E-state index in [-0.39, 0.29) is 0 Å². The SMILES string of the molecule is C[Si](C)(C)OCCOCCOCCOCCOCCOCCOCCOCCOc1ccccc1N. The molecule has 2 N–H and O–H groups in total. The van der Waals surface area contributed by atoms with E-state index in [0.717, 1.165) is 0 Å². The van der Waals surface area contributed by atoms with E-state index in [9.17, 15) is 0 Å².